The quantitative estimate of drug-likeness (QED) is 0.854. The number of nitrogens with zero attached hydrogens (tertiary/aromatic N) is 2. The summed E-state index contributed by atoms with van der Waals surface area (Å²) in [6.07, 6.45) is 0.107. The summed E-state index contributed by atoms with van der Waals surface area (Å²) in [4.78, 5) is 28.3. The maximum absolute atomic E-state index is 14.2. The summed E-state index contributed by atoms with van der Waals surface area (Å²) in [5, 5.41) is 0. The lowest BCUT2D eigenvalue weighted by Gasteiger charge is -2.24. The van der Waals surface area contributed by atoms with Crippen LogP contribution in [0.4, 0.5) is 15.8 Å². The second-order valence-corrected chi connectivity index (χ2v) is 6.28. The van der Waals surface area contributed by atoms with Gasteiger partial charge in [0.25, 0.3) is 0 Å². The minimum Gasteiger partial charge on any atom is -0.312 e. The van der Waals surface area contributed by atoms with Gasteiger partial charge >= 0.3 is 0 Å². The van der Waals surface area contributed by atoms with Gasteiger partial charge in [0, 0.05) is 25.2 Å². The van der Waals surface area contributed by atoms with Crippen LogP contribution in [0, 0.1) is 18.7 Å². The Morgan fingerprint density at radius 2 is 1.96 bits per heavy atom. The van der Waals surface area contributed by atoms with Crippen molar-refractivity contribution in [2.24, 2.45) is 5.92 Å². The summed E-state index contributed by atoms with van der Waals surface area (Å²) < 4.78 is 14.2. The topological polar surface area (TPSA) is 40.6 Å². The molecule has 2 amide bonds. The van der Waals surface area contributed by atoms with Crippen LogP contribution in [0.25, 0.3) is 0 Å². The van der Waals surface area contributed by atoms with E-state index in [-0.39, 0.29) is 30.5 Å². The number of rotatable bonds is 4. The first-order valence-electron chi connectivity index (χ1n) is 8.44. The Bertz CT molecular complexity index is 792. The van der Waals surface area contributed by atoms with E-state index in [0.717, 1.165) is 11.3 Å². The highest BCUT2D eigenvalue weighted by Gasteiger charge is 2.38. The van der Waals surface area contributed by atoms with Gasteiger partial charge < -0.3 is 9.80 Å². The zero-order valence-electron chi connectivity index (χ0n) is 14.4. The highest BCUT2D eigenvalue weighted by Crippen LogP contribution is 2.30. The number of carbonyl (C=O) groups excluding carboxylic acids is 2. The lowest BCUT2D eigenvalue weighted by Crippen LogP contribution is -2.37. The van der Waals surface area contributed by atoms with Crippen LogP contribution in [-0.2, 0) is 9.59 Å². The fourth-order valence-electron chi connectivity index (χ4n) is 3.23. The molecular weight excluding hydrogens is 319 g/mol. The van der Waals surface area contributed by atoms with E-state index in [2.05, 4.69) is 0 Å². The van der Waals surface area contributed by atoms with Crippen LogP contribution >= 0.6 is 0 Å². The van der Waals surface area contributed by atoms with Crippen molar-refractivity contribution in [1.82, 2.24) is 0 Å². The predicted octanol–water partition coefficient (Wildman–Crippen LogP) is 3.54. The van der Waals surface area contributed by atoms with Gasteiger partial charge in [-0.3, -0.25) is 9.59 Å². The molecule has 0 saturated carbocycles. The van der Waals surface area contributed by atoms with E-state index >= 15 is 0 Å². The van der Waals surface area contributed by atoms with Crippen LogP contribution in [0.15, 0.2) is 48.5 Å². The van der Waals surface area contributed by atoms with Crippen molar-refractivity contribution in [1.29, 1.82) is 0 Å². The maximum atomic E-state index is 14.2. The molecule has 5 heteroatoms. The first kappa shape index (κ1) is 17.1. The van der Waals surface area contributed by atoms with Crippen LogP contribution in [0.3, 0.4) is 0 Å². The second-order valence-electron chi connectivity index (χ2n) is 6.28. The number of amides is 2. The molecule has 0 N–H and O–H groups in total. The molecule has 1 unspecified atom stereocenters. The van der Waals surface area contributed by atoms with E-state index in [1.807, 2.05) is 37.3 Å². The third-order valence-electron chi connectivity index (χ3n) is 4.52. The van der Waals surface area contributed by atoms with Crippen molar-refractivity contribution < 1.29 is 14.0 Å². The molecule has 2 aromatic rings. The first-order valence-corrected chi connectivity index (χ1v) is 8.44. The minimum atomic E-state index is -0.464. The van der Waals surface area contributed by atoms with Crippen LogP contribution in [0.2, 0.25) is 0 Å². The molecule has 0 bridgehead atoms. The van der Waals surface area contributed by atoms with Crippen molar-refractivity contribution in [2.75, 3.05) is 22.9 Å². The van der Waals surface area contributed by atoms with Crippen LogP contribution in [-0.4, -0.2) is 24.9 Å². The molecular formula is C20H21FN2O2. The van der Waals surface area contributed by atoms with Crippen LogP contribution in [0.5, 0.6) is 0 Å². The molecule has 25 heavy (non-hydrogen) atoms. The number of aryl methyl sites for hydroxylation is 1. The maximum Gasteiger partial charge on any atom is 0.232 e. The number of halogens is 1. The number of anilines is 2. The molecule has 3 rings (SSSR count). The molecule has 2 aromatic carbocycles. The van der Waals surface area contributed by atoms with E-state index in [1.54, 1.807) is 24.0 Å². The van der Waals surface area contributed by atoms with Crippen molar-refractivity contribution in [3.05, 3.63) is 59.9 Å². The zero-order chi connectivity index (χ0) is 18.0. The monoisotopic (exact) mass is 340 g/mol. The highest BCUT2D eigenvalue weighted by atomic mass is 19.1. The lowest BCUT2D eigenvalue weighted by atomic mass is 10.1. The first-order chi connectivity index (χ1) is 12.0. The van der Waals surface area contributed by atoms with E-state index in [0.29, 0.717) is 6.54 Å². The summed E-state index contributed by atoms with van der Waals surface area (Å²) in [7, 11) is 0. The third-order valence-corrected chi connectivity index (χ3v) is 4.52. The van der Waals surface area contributed by atoms with Crippen molar-refractivity contribution in [3.8, 4) is 0 Å². The Hall–Kier alpha value is -2.69. The summed E-state index contributed by atoms with van der Waals surface area (Å²) >= 11 is 0. The summed E-state index contributed by atoms with van der Waals surface area (Å²) in [5.74, 6) is -1.22. The Labute approximate surface area is 146 Å². The predicted molar refractivity (Wildman–Crippen MR) is 96.1 cm³/mol. The molecule has 0 aromatic heterocycles. The van der Waals surface area contributed by atoms with Crippen LogP contribution in [0.1, 0.15) is 18.9 Å². The fourth-order valence-corrected chi connectivity index (χ4v) is 3.23. The van der Waals surface area contributed by atoms with E-state index < -0.39 is 11.7 Å². The van der Waals surface area contributed by atoms with Gasteiger partial charge in [0.05, 0.1) is 11.6 Å². The number of para-hydroxylation sites is 1. The number of hydrogen-bond donors (Lipinski definition) is 0. The van der Waals surface area contributed by atoms with Crippen molar-refractivity contribution >= 4 is 23.2 Å². The standard InChI is InChI=1S/C20H21FN2O2/c1-3-22(16-7-5-4-6-8-16)20(25)15-12-19(24)23(13-15)18-10-9-14(2)11-17(18)21/h4-11,15H,3,12-13H2,1-2H3. The van der Waals surface area contributed by atoms with Gasteiger partial charge in [-0.25, -0.2) is 4.39 Å². The molecule has 1 aliphatic heterocycles. The van der Waals surface area contributed by atoms with Crippen molar-refractivity contribution in [3.63, 3.8) is 0 Å². The molecule has 1 saturated heterocycles. The summed E-state index contributed by atoms with van der Waals surface area (Å²) in [5.41, 5.74) is 1.85. The Balaban J connectivity index is 1.80. The Morgan fingerprint density at radius 3 is 2.60 bits per heavy atom. The van der Waals surface area contributed by atoms with E-state index in [1.165, 1.54) is 11.0 Å². The number of carbonyl (C=O) groups is 2. The largest absolute Gasteiger partial charge is 0.312 e. The zero-order valence-corrected chi connectivity index (χ0v) is 14.4. The SMILES string of the molecule is CCN(C(=O)C1CC(=O)N(c2ccc(C)cc2F)C1)c1ccccc1. The van der Waals surface area contributed by atoms with Gasteiger partial charge in [-0.15, -0.1) is 0 Å². The fraction of sp³-hybridized carbons (Fsp3) is 0.300. The van der Waals surface area contributed by atoms with Gasteiger partial charge in [-0.1, -0.05) is 24.3 Å². The number of benzene rings is 2. The van der Waals surface area contributed by atoms with Gasteiger partial charge in [0.1, 0.15) is 5.82 Å². The summed E-state index contributed by atoms with van der Waals surface area (Å²) in [6, 6.07) is 14.2. The van der Waals surface area contributed by atoms with Gasteiger partial charge in [0.2, 0.25) is 11.8 Å². The average Bonchev–Trinajstić information content (AvgIpc) is 2.98. The molecule has 1 heterocycles. The smallest absolute Gasteiger partial charge is 0.232 e. The Kier molecular flexibility index (Phi) is 4.83. The van der Waals surface area contributed by atoms with Crippen molar-refractivity contribution in [2.45, 2.75) is 20.3 Å². The van der Waals surface area contributed by atoms with E-state index in [4.69, 9.17) is 0 Å². The van der Waals surface area contributed by atoms with Gasteiger partial charge in [-0.05, 0) is 43.7 Å². The molecule has 0 radical (unpaired) electrons. The third kappa shape index (κ3) is 3.40. The molecule has 0 aliphatic carbocycles. The normalized spacial score (nSPS) is 17.0. The van der Waals surface area contributed by atoms with Crippen LogP contribution < -0.4 is 9.80 Å². The molecule has 1 atom stereocenters. The van der Waals surface area contributed by atoms with Gasteiger partial charge in [0.15, 0.2) is 0 Å². The Morgan fingerprint density at radius 1 is 1.24 bits per heavy atom. The molecule has 130 valence electrons. The molecule has 0 spiro atoms. The molecule has 1 aliphatic rings. The lowest BCUT2D eigenvalue weighted by molar-refractivity contribution is -0.124. The van der Waals surface area contributed by atoms with Gasteiger partial charge in [-0.2, -0.15) is 0 Å². The van der Waals surface area contributed by atoms with E-state index in [9.17, 15) is 14.0 Å². The molecule has 4 nitrogen and oxygen atoms in total. The molecule has 1 fully saturated rings. The average molecular weight is 340 g/mol. The number of hydrogen-bond acceptors (Lipinski definition) is 2. The minimum absolute atomic E-state index is 0.0999. The highest BCUT2D eigenvalue weighted by molar-refractivity contribution is 6.04. The second kappa shape index (κ2) is 7.05. The summed E-state index contributed by atoms with van der Waals surface area (Å²) in [6.45, 7) is 4.43.